The number of carbonyl (C=O) groups is 1. The first-order valence-corrected chi connectivity index (χ1v) is 6.69. The Morgan fingerprint density at radius 1 is 1.42 bits per heavy atom. The number of methoxy groups -OCH3 is 1. The van der Waals surface area contributed by atoms with Crippen LogP contribution in [0.3, 0.4) is 0 Å². The third kappa shape index (κ3) is 3.47. The van der Waals surface area contributed by atoms with Crippen LogP contribution in [0.4, 0.5) is 0 Å². The summed E-state index contributed by atoms with van der Waals surface area (Å²) in [6.45, 7) is 4.65. The van der Waals surface area contributed by atoms with Crippen molar-refractivity contribution in [1.82, 2.24) is 4.90 Å². The van der Waals surface area contributed by atoms with E-state index in [-0.39, 0.29) is 5.92 Å². The summed E-state index contributed by atoms with van der Waals surface area (Å²) in [5.41, 5.74) is 2.40. The lowest BCUT2D eigenvalue weighted by atomic mass is 9.96. The number of aliphatic carboxylic acids is 1. The molecule has 0 aliphatic carbocycles. The summed E-state index contributed by atoms with van der Waals surface area (Å²) in [6.07, 6.45) is 1.51. The van der Waals surface area contributed by atoms with Crippen molar-refractivity contribution >= 4 is 5.97 Å². The topological polar surface area (TPSA) is 49.8 Å². The maximum Gasteiger partial charge on any atom is 0.306 e. The molecule has 4 heteroatoms. The molecule has 104 valence electrons. The molecule has 0 radical (unpaired) electrons. The highest BCUT2D eigenvalue weighted by molar-refractivity contribution is 5.70. The first-order valence-electron chi connectivity index (χ1n) is 6.69. The molecule has 0 amide bonds. The van der Waals surface area contributed by atoms with Gasteiger partial charge in [0, 0.05) is 6.54 Å². The van der Waals surface area contributed by atoms with Crippen LogP contribution in [0, 0.1) is 12.8 Å². The second-order valence-corrected chi connectivity index (χ2v) is 5.19. The summed E-state index contributed by atoms with van der Waals surface area (Å²) in [4.78, 5) is 13.2. The van der Waals surface area contributed by atoms with Crippen molar-refractivity contribution in [2.75, 3.05) is 20.2 Å². The normalized spacial score (nSPS) is 17.4. The lowest BCUT2D eigenvalue weighted by Gasteiger charge is -2.30. The summed E-state index contributed by atoms with van der Waals surface area (Å²) in [5, 5.41) is 8.98. The van der Waals surface area contributed by atoms with Crippen LogP contribution < -0.4 is 4.74 Å². The molecular formula is C15H21NO3. The Balaban J connectivity index is 1.92. The molecule has 0 unspecified atom stereocenters. The zero-order chi connectivity index (χ0) is 13.8. The molecule has 1 aliphatic rings. The third-order valence-corrected chi connectivity index (χ3v) is 3.80. The fourth-order valence-electron chi connectivity index (χ4n) is 2.64. The van der Waals surface area contributed by atoms with Gasteiger partial charge in [0.15, 0.2) is 0 Å². The summed E-state index contributed by atoms with van der Waals surface area (Å²) in [5.74, 6) is 0.0992. The van der Waals surface area contributed by atoms with Gasteiger partial charge in [-0.25, -0.2) is 0 Å². The highest BCUT2D eigenvalue weighted by Crippen LogP contribution is 2.22. The standard InChI is InChI=1S/C15H21NO3/c1-11-9-12(3-4-14(11)19-2)10-16-7-5-13(6-8-16)15(17)18/h3-4,9,13H,5-8,10H2,1-2H3,(H,17,18). The average molecular weight is 263 g/mol. The van der Waals surface area contributed by atoms with Gasteiger partial charge in [0.1, 0.15) is 5.75 Å². The van der Waals surface area contributed by atoms with Crippen molar-refractivity contribution in [3.63, 3.8) is 0 Å². The molecule has 19 heavy (non-hydrogen) atoms. The number of rotatable bonds is 4. The van der Waals surface area contributed by atoms with E-state index in [0.717, 1.165) is 43.8 Å². The maximum atomic E-state index is 10.9. The highest BCUT2D eigenvalue weighted by Gasteiger charge is 2.24. The van der Waals surface area contributed by atoms with E-state index in [9.17, 15) is 4.79 Å². The molecule has 0 atom stereocenters. The number of hydrogen-bond acceptors (Lipinski definition) is 3. The Kier molecular flexibility index (Phi) is 4.43. The minimum Gasteiger partial charge on any atom is -0.496 e. The van der Waals surface area contributed by atoms with Crippen LogP contribution in [-0.4, -0.2) is 36.2 Å². The van der Waals surface area contributed by atoms with Crippen LogP contribution in [0.15, 0.2) is 18.2 Å². The molecule has 0 bridgehead atoms. The summed E-state index contributed by atoms with van der Waals surface area (Å²) in [7, 11) is 1.68. The first-order chi connectivity index (χ1) is 9.10. The summed E-state index contributed by atoms with van der Waals surface area (Å²) in [6, 6.07) is 6.21. The molecule has 0 saturated carbocycles. The quantitative estimate of drug-likeness (QED) is 0.905. The third-order valence-electron chi connectivity index (χ3n) is 3.80. The number of hydrogen-bond donors (Lipinski definition) is 1. The van der Waals surface area contributed by atoms with E-state index in [0.29, 0.717) is 0 Å². The van der Waals surface area contributed by atoms with E-state index in [1.165, 1.54) is 5.56 Å². The van der Waals surface area contributed by atoms with Crippen LogP contribution in [0.2, 0.25) is 0 Å². The van der Waals surface area contributed by atoms with Gasteiger partial charge in [-0.1, -0.05) is 12.1 Å². The van der Waals surface area contributed by atoms with Gasteiger partial charge in [0.2, 0.25) is 0 Å². The average Bonchev–Trinajstić information content (AvgIpc) is 2.39. The molecular weight excluding hydrogens is 242 g/mol. The van der Waals surface area contributed by atoms with Gasteiger partial charge in [0.05, 0.1) is 13.0 Å². The molecule has 0 aromatic heterocycles. The van der Waals surface area contributed by atoms with Crippen molar-refractivity contribution in [2.24, 2.45) is 5.92 Å². The number of aryl methyl sites for hydroxylation is 1. The molecule has 1 aromatic carbocycles. The van der Waals surface area contributed by atoms with E-state index in [1.807, 2.05) is 13.0 Å². The summed E-state index contributed by atoms with van der Waals surface area (Å²) >= 11 is 0. The first kappa shape index (κ1) is 13.9. The zero-order valence-corrected chi connectivity index (χ0v) is 11.6. The molecule has 1 aliphatic heterocycles. The van der Waals surface area contributed by atoms with Gasteiger partial charge in [-0.3, -0.25) is 9.69 Å². The fourth-order valence-corrected chi connectivity index (χ4v) is 2.64. The van der Waals surface area contributed by atoms with Gasteiger partial charge in [-0.05, 0) is 50.0 Å². The molecule has 1 heterocycles. The molecule has 4 nitrogen and oxygen atoms in total. The monoisotopic (exact) mass is 263 g/mol. The number of carboxylic acids is 1. The van der Waals surface area contributed by atoms with Crippen LogP contribution in [0.5, 0.6) is 5.75 Å². The number of ether oxygens (including phenoxy) is 1. The SMILES string of the molecule is COc1ccc(CN2CCC(C(=O)O)CC2)cc1C. The minimum atomic E-state index is -0.653. The zero-order valence-electron chi connectivity index (χ0n) is 11.6. The van der Waals surface area contributed by atoms with Crippen LogP contribution in [0.25, 0.3) is 0 Å². The Morgan fingerprint density at radius 2 is 2.11 bits per heavy atom. The maximum absolute atomic E-state index is 10.9. The van der Waals surface area contributed by atoms with E-state index < -0.39 is 5.97 Å². The van der Waals surface area contributed by atoms with Gasteiger partial charge >= 0.3 is 5.97 Å². The summed E-state index contributed by atoms with van der Waals surface area (Å²) < 4.78 is 5.25. The highest BCUT2D eigenvalue weighted by atomic mass is 16.5. The number of piperidine rings is 1. The molecule has 0 spiro atoms. The van der Waals surface area contributed by atoms with Crippen molar-refractivity contribution in [1.29, 1.82) is 0 Å². The van der Waals surface area contributed by atoms with E-state index in [1.54, 1.807) is 7.11 Å². The van der Waals surface area contributed by atoms with Crippen LogP contribution in [-0.2, 0) is 11.3 Å². The Labute approximate surface area is 114 Å². The van der Waals surface area contributed by atoms with Crippen molar-refractivity contribution in [3.05, 3.63) is 29.3 Å². The molecule has 1 fully saturated rings. The van der Waals surface area contributed by atoms with Crippen LogP contribution in [0.1, 0.15) is 24.0 Å². The van der Waals surface area contributed by atoms with Crippen molar-refractivity contribution in [3.8, 4) is 5.75 Å². The van der Waals surface area contributed by atoms with E-state index in [2.05, 4.69) is 17.0 Å². The minimum absolute atomic E-state index is 0.158. The second kappa shape index (κ2) is 6.06. The van der Waals surface area contributed by atoms with E-state index in [4.69, 9.17) is 9.84 Å². The largest absolute Gasteiger partial charge is 0.496 e. The number of nitrogens with zero attached hydrogens (tertiary/aromatic N) is 1. The molecule has 2 rings (SSSR count). The lowest BCUT2D eigenvalue weighted by molar-refractivity contribution is -0.143. The number of likely N-dealkylation sites (tertiary alicyclic amines) is 1. The Bertz CT molecular complexity index is 451. The van der Waals surface area contributed by atoms with Crippen LogP contribution >= 0.6 is 0 Å². The molecule has 1 N–H and O–H groups in total. The van der Waals surface area contributed by atoms with Gasteiger partial charge < -0.3 is 9.84 Å². The molecule has 1 saturated heterocycles. The Hall–Kier alpha value is -1.55. The smallest absolute Gasteiger partial charge is 0.306 e. The van der Waals surface area contributed by atoms with Gasteiger partial charge in [-0.15, -0.1) is 0 Å². The Morgan fingerprint density at radius 3 is 2.63 bits per heavy atom. The van der Waals surface area contributed by atoms with Gasteiger partial charge in [0.25, 0.3) is 0 Å². The number of carboxylic acid groups (broad SMARTS) is 1. The van der Waals surface area contributed by atoms with Gasteiger partial charge in [-0.2, -0.15) is 0 Å². The van der Waals surface area contributed by atoms with E-state index >= 15 is 0 Å². The second-order valence-electron chi connectivity index (χ2n) is 5.19. The predicted octanol–water partition coefficient (Wildman–Crippen LogP) is 2.30. The lowest BCUT2D eigenvalue weighted by Crippen LogP contribution is -2.35. The number of benzene rings is 1. The molecule has 1 aromatic rings. The van der Waals surface area contributed by atoms with Crippen molar-refractivity contribution in [2.45, 2.75) is 26.3 Å². The fraction of sp³-hybridized carbons (Fsp3) is 0.533. The predicted molar refractivity (Wildman–Crippen MR) is 73.4 cm³/mol. The van der Waals surface area contributed by atoms with Crippen molar-refractivity contribution < 1.29 is 14.6 Å².